The van der Waals surface area contributed by atoms with E-state index in [1.807, 2.05) is 48.2 Å². The number of amides is 1. The van der Waals surface area contributed by atoms with E-state index >= 15 is 0 Å². The number of hydrogen-bond acceptors (Lipinski definition) is 6. The molecule has 1 N–H and O–H groups in total. The fourth-order valence-corrected chi connectivity index (χ4v) is 4.83. The van der Waals surface area contributed by atoms with Crippen molar-refractivity contribution in [2.75, 3.05) is 40.6 Å². The van der Waals surface area contributed by atoms with Crippen LogP contribution in [0.4, 0.5) is 0 Å². The van der Waals surface area contributed by atoms with Crippen LogP contribution in [0.2, 0.25) is 0 Å². The van der Waals surface area contributed by atoms with E-state index in [1.54, 1.807) is 25.1 Å². The molecule has 0 bridgehead atoms. The minimum absolute atomic E-state index is 0.0258. The Bertz CT molecular complexity index is 1010. The van der Waals surface area contributed by atoms with Crippen LogP contribution in [0.25, 0.3) is 0 Å². The van der Waals surface area contributed by atoms with E-state index in [0.29, 0.717) is 30.3 Å². The van der Waals surface area contributed by atoms with Crippen molar-refractivity contribution in [1.82, 2.24) is 9.80 Å². The van der Waals surface area contributed by atoms with Crippen molar-refractivity contribution in [2.45, 2.75) is 25.3 Å². The van der Waals surface area contributed by atoms with Gasteiger partial charge in [-0.05, 0) is 41.8 Å². The molecule has 2 aliphatic rings. The molecule has 2 aromatic rings. The zero-order valence-corrected chi connectivity index (χ0v) is 19.2. The molecule has 8 heteroatoms. The maximum Gasteiger partial charge on any atom is 0.309 e. The third kappa shape index (κ3) is 4.61. The van der Waals surface area contributed by atoms with E-state index in [4.69, 9.17) is 14.2 Å². The van der Waals surface area contributed by atoms with Crippen LogP contribution >= 0.6 is 0 Å². The Hall–Kier alpha value is -3.26. The van der Waals surface area contributed by atoms with Gasteiger partial charge in [0, 0.05) is 32.1 Å². The van der Waals surface area contributed by atoms with Crippen LogP contribution in [0.5, 0.6) is 17.2 Å². The van der Waals surface area contributed by atoms with Crippen LogP contribution in [0, 0.1) is 5.92 Å². The average Bonchev–Trinajstić information content (AvgIpc) is 3.43. The van der Waals surface area contributed by atoms with Gasteiger partial charge < -0.3 is 24.2 Å². The minimum atomic E-state index is -0.893. The summed E-state index contributed by atoms with van der Waals surface area (Å²) in [6, 6.07) is 12.5. The number of fused-ring (bicyclic) bond motifs is 1. The number of carboxylic acids is 1. The van der Waals surface area contributed by atoms with E-state index in [0.717, 1.165) is 17.5 Å². The highest BCUT2D eigenvalue weighted by Crippen LogP contribution is 2.47. The molecule has 0 aliphatic carbocycles. The minimum Gasteiger partial charge on any atom is -0.497 e. The van der Waals surface area contributed by atoms with Gasteiger partial charge in [-0.2, -0.15) is 0 Å². The quantitative estimate of drug-likeness (QED) is 0.656. The summed E-state index contributed by atoms with van der Waals surface area (Å²) in [6.07, 6.45) is 0.861. The molecule has 0 saturated carbocycles. The number of carbonyl (C=O) groups excluding carboxylic acids is 1. The number of carbonyl (C=O) groups is 2. The molecule has 1 unspecified atom stereocenters. The van der Waals surface area contributed by atoms with Crippen molar-refractivity contribution in [2.24, 2.45) is 5.92 Å². The number of rotatable bonds is 8. The lowest BCUT2D eigenvalue weighted by Gasteiger charge is -2.28. The monoisotopic (exact) mass is 454 g/mol. The normalized spacial score (nSPS) is 21.7. The number of hydrogen-bond donors (Lipinski definition) is 1. The SMILES string of the molecule is CCCN(C)C(=O)CN1CC(c2ccc(OC)cc2)[C@H](C(=O)O)[C@H]1c1ccc2c(c1)OCO2. The molecule has 2 aromatic carbocycles. The van der Waals surface area contributed by atoms with Gasteiger partial charge in [0.05, 0.1) is 19.6 Å². The summed E-state index contributed by atoms with van der Waals surface area (Å²) in [5.41, 5.74) is 1.71. The van der Waals surface area contributed by atoms with Gasteiger partial charge in [-0.25, -0.2) is 0 Å². The first-order valence-corrected chi connectivity index (χ1v) is 11.2. The molecule has 3 atom stereocenters. The topological polar surface area (TPSA) is 88.5 Å². The second-order valence-electron chi connectivity index (χ2n) is 8.55. The summed E-state index contributed by atoms with van der Waals surface area (Å²) in [4.78, 5) is 29.2. The number of aliphatic carboxylic acids is 1. The highest BCUT2D eigenvalue weighted by molar-refractivity contribution is 5.79. The molecule has 1 amide bonds. The van der Waals surface area contributed by atoms with Crippen LogP contribution < -0.4 is 14.2 Å². The first kappa shape index (κ1) is 22.9. The van der Waals surface area contributed by atoms with Gasteiger partial charge in [0.25, 0.3) is 0 Å². The molecule has 0 aromatic heterocycles. The lowest BCUT2D eigenvalue weighted by atomic mass is 9.83. The average molecular weight is 455 g/mol. The summed E-state index contributed by atoms with van der Waals surface area (Å²) in [5, 5.41) is 10.3. The van der Waals surface area contributed by atoms with E-state index in [2.05, 4.69) is 0 Å². The number of likely N-dealkylation sites (N-methyl/N-ethyl adjacent to an activating group) is 1. The first-order valence-electron chi connectivity index (χ1n) is 11.2. The molecule has 2 aliphatic heterocycles. The Morgan fingerprint density at radius 2 is 1.82 bits per heavy atom. The molecule has 2 heterocycles. The Labute approximate surface area is 193 Å². The molecule has 0 radical (unpaired) electrons. The predicted molar refractivity (Wildman–Crippen MR) is 122 cm³/mol. The van der Waals surface area contributed by atoms with Crippen LogP contribution in [-0.4, -0.2) is 67.4 Å². The Balaban J connectivity index is 1.71. The Kier molecular flexibility index (Phi) is 6.74. The molecule has 176 valence electrons. The van der Waals surface area contributed by atoms with E-state index in [-0.39, 0.29) is 25.2 Å². The van der Waals surface area contributed by atoms with Crippen molar-refractivity contribution in [3.63, 3.8) is 0 Å². The summed E-state index contributed by atoms with van der Waals surface area (Å²) in [5.74, 6) is 0.0114. The smallest absolute Gasteiger partial charge is 0.309 e. The third-order valence-corrected chi connectivity index (χ3v) is 6.49. The third-order valence-electron chi connectivity index (χ3n) is 6.49. The van der Waals surface area contributed by atoms with Gasteiger partial charge in [-0.15, -0.1) is 0 Å². The summed E-state index contributed by atoms with van der Waals surface area (Å²) < 4.78 is 16.2. The molecule has 33 heavy (non-hydrogen) atoms. The zero-order chi connectivity index (χ0) is 23.5. The first-order chi connectivity index (χ1) is 15.9. The molecular formula is C25H30N2O6. The largest absolute Gasteiger partial charge is 0.497 e. The van der Waals surface area contributed by atoms with Crippen molar-refractivity contribution >= 4 is 11.9 Å². The zero-order valence-electron chi connectivity index (χ0n) is 19.2. The second kappa shape index (κ2) is 9.70. The van der Waals surface area contributed by atoms with Crippen LogP contribution in [0.15, 0.2) is 42.5 Å². The Morgan fingerprint density at radius 3 is 2.48 bits per heavy atom. The fraction of sp³-hybridized carbons (Fsp3) is 0.440. The molecule has 4 rings (SSSR count). The lowest BCUT2D eigenvalue weighted by molar-refractivity contribution is -0.143. The summed E-state index contributed by atoms with van der Waals surface area (Å²) in [6.45, 7) is 3.42. The molecule has 1 fully saturated rings. The highest BCUT2D eigenvalue weighted by atomic mass is 16.7. The number of methoxy groups -OCH3 is 1. The maximum atomic E-state index is 12.9. The van der Waals surface area contributed by atoms with Gasteiger partial charge in [0.1, 0.15) is 5.75 Å². The molecular weight excluding hydrogens is 424 g/mol. The van der Waals surface area contributed by atoms with Crippen LogP contribution in [0.3, 0.4) is 0 Å². The summed E-state index contributed by atoms with van der Waals surface area (Å²) in [7, 11) is 3.38. The highest BCUT2D eigenvalue weighted by Gasteiger charge is 2.48. The maximum absolute atomic E-state index is 12.9. The standard InChI is InChI=1S/C25H30N2O6/c1-4-11-26(2)22(28)14-27-13-19(16-5-8-18(31-3)9-6-16)23(25(29)30)24(27)17-7-10-20-21(12-17)33-15-32-20/h5-10,12,19,23-24H,4,11,13-15H2,1-3H3,(H,29,30)/t19?,23-,24+/m0/s1. The van der Waals surface area contributed by atoms with E-state index in [9.17, 15) is 14.7 Å². The molecule has 8 nitrogen and oxygen atoms in total. The van der Waals surface area contributed by atoms with Gasteiger partial charge in [-0.3, -0.25) is 14.5 Å². The summed E-state index contributed by atoms with van der Waals surface area (Å²) >= 11 is 0. The van der Waals surface area contributed by atoms with Crippen LogP contribution in [0.1, 0.15) is 36.4 Å². The number of nitrogens with zero attached hydrogens (tertiary/aromatic N) is 2. The lowest BCUT2D eigenvalue weighted by Crippen LogP contribution is -2.39. The van der Waals surface area contributed by atoms with Crippen molar-refractivity contribution in [3.8, 4) is 17.2 Å². The van der Waals surface area contributed by atoms with Gasteiger partial charge in [0.15, 0.2) is 11.5 Å². The number of benzene rings is 2. The number of carboxylic acid groups (broad SMARTS) is 1. The van der Waals surface area contributed by atoms with E-state index < -0.39 is 17.9 Å². The van der Waals surface area contributed by atoms with E-state index in [1.165, 1.54) is 0 Å². The molecule has 0 spiro atoms. The van der Waals surface area contributed by atoms with Crippen molar-refractivity contribution in [3.05, 3.63) is 53.6 Å². The van der Waals surface area contributed by atoms with Gasteiger partial charge in [-0.1, -0.05) is 25.1 Å². The second-order valence-corrected chi connectivity index (χ2v) is 8.55. The van der Waals surface area contributed by atoms with Crippen molar-refractivity contribution < 1.29 is 28.9 Å². The van der Waals surface area contributed by atoms with Gasteiger partial charge >= 0.3 is 5.97 Å². The predicted octanol–water partition coefficient (Wildman–Crippen LogP) is 3.13. The Morgan fingerprint density at radius 1 is 1.12 bits per heavy atom. The molecule has 1 saturated heterocycles. The number of ether oxygens (including phenoxy) is 3. The van der Waals surface area contributed by atoms with Crippen LogP contribution in [-0.2, 0) is 9.59 Å². The van der Waals surface area contributed by atoms with Gasteiger partial charge in [0.2, 0.25) is 12.7 Å². The fourth-order valence-electron chi connectivity index (χ4n) is 4.83. The number of likely N-dealkylation sites (tertiary alicyclic amines) is 1. The van der Waals surface area contributed by atoms with Crippen molar-refractivity contribution in [1.29, 1.82) is 0 Å².